The van der Waals surface area contributed by atoms with Crippen molar-refractivity contribution in [2.75, 3.05) is 13.2 Å². The monoisotopic (exact) mass is 846 g/mol. The van der Waals surface area contributed by atoms with Gasteiger partial charge in [-0.25, -0.2) is 0 Å². The highest BCUT2D eigenvalue weighted by atomic mass is 16.5. The van der Waals surface area contributed by atoms with Crippen LogP contribution in [0, 0.1) is 0 Å². The van der Waals surface area contributed by atoms with Gasteiger partial charge in [0, 0.05) is 12.8 Å². The van der Waals surface area contributed by atoms with E-state index in [1.807, 2.05) is 0 Å². The van der Waals surface area contributed by atoms with Crippen molar-refractivity contribution in [3.05, 3.63) is 24.3 Å². The molecule has 0 bridgehead atoms. The number of aliphatic hydroxyl groups is 2. The Morgan fingerprint density at radius 3 is 1.20 bits per heavy atom. The minimum atomic E-state index is -0.680. The van der Waals surface area contributed by atoms with Gasteiger partial charge in [-0.15, -0.1) is 0 Å². The number of carbonyl (C=O) groups is 2. The quantitative estimate of drug-likeness (QED) is 0.0322. The first-order valence-corrected chi connectivity index (χ1v) is 26.6. The maximum atomic E-state index is 12.4. The summed E-state index contributed by atoms with van der Waals surface area (Å²) in [5.41, 5.74) is 0. The topological polar surface area (TPSA) is 95.9 Å². The van der Waals surface area contributed by atoms with Crippen LogP contribution in [0.25, 0.3) is 0 Å². The average molecular weight is 846 g/mol. The van der Waals surface area contributed by atoms with E-state index in [0.717, 1.165) is 70.6 Å². The average Bonchev–Trinajstić information content (AvgIpc) is 3.25. The number of allylic oxidation sites excluding steroid dienone is 4. The van der Waals surface area contributed by atoms with Crippen molar-refractivity contribution in [2.24, 2.45) is 0 Å². The molecule has 0 aromatic rings. The Labute approximate surface area is 373 Å². The predicted octanol–water partition coefficient (Wildman–Crippen LogP) is 15.9. The second-order valence-corrected chi connectivity index (χ2v) is 18.2. The predicted molar refractivity (Wildman–Crippen MR) is 260 cm³/mol. The molecule has 1 amide bonds. The number of carbonyl (C=O) groups excluding carboxylic acids is 2. The number of rotatable bonds is 49. The van der Waals surface area contributed by atoms with E-state index in [9.17, 15) is 19.8 Å². The molecular formula is C54H103NO5. The molecule has 3 N–H and O–H groups in total. The van der Waals surface area contributed by atoms with E-state index in [0.29, 0.717) is 25.9 Å². The Bertz CT molecular complexity index is 935. The fraction of sp³-hybridized carbons (Fsp3) is 0.889. The molecule has 6 nitrogen and oxygen atoms in total. The van der Waals surface area contributed by atoms with Gasteiger partial charge in [-0.3, -0.25) is 9.59 Å². The molecular weight excluding hydrogens is 743 g/mol. The van der Waals surface area contributed by atoms with Crippen LogP contribution in [-0.2, 0) is 14.3 Å². The van der Waals surface area contributed by atoms with Crippen LogP contribution in [0.2, 0.25) is 0 Å². The highest BCUT2D eigenvalue weighted by molar-refractivity contribution is 5.76. The fourth-order valence-corrected chi connectivity index (χ4v) is 8.10. The summed E-state index contributed by atoms with van der Waals surface area (Å²) in [5, 5.41) is 23.1. The molecule has 0 saturated carbocycles. The third-order valence-electron chi connectivity index (χ3n) is 12.2. The van der Waals surface area contributed by atoms with Crippen molar-refractivity contribution in [3.63, 3.8) is 0 Å². The molecule has 2 unspecified atom stereocenters. The van der Waals surface area contributed by atoms with E-state index >= 15 is 0 Å². The lowest BCUT2D eigenvalue weighted by Gasteiger charge is -2.22. The molecule has 0 rings (SSSR count). The molecule has 0 aliphatic carbocycles. The zero-order chi connectivity index (χ0) is 43.7. The van der Waals surface area contributed by atoms with Gasteiger partial charge in [0.05, 0.1) is 25.4 Å². The summed E-state index contributed by atoms with van der Waals surface area (Å²) < 4.78 is 5.47. The summed E-state index contributed by atoms with van der Waals surface area (Å²) in [6.07, 6.45) is 58.7. The summed E-state index contributed by atoms with van der Waals surface area (Å²) in [5.74, 6) is -0.0814. The van der Waals surface area contributed by atoms with Gasteiger partial charge in [-0.1, -0.05) is 218 Å². The highest BCUT2D eigenvalue weighted by Crippen LogP contribution is 2.16. The van der Waals surface area contributed by atoms with Gasteiger partial charge in [0.2, 0.25) is 5.91 Å². The molecule has 6 heteroatoms. The Hall–Kier alpha value is -1.66. The number of amides is 1. The molecule has 0 aromatic heterocycles. The van der Waals surface area contributed by atoms with Gasteiger partial charge < -0.3 is 20.3 Å². The first kappa shape index (κ1) is 58.3. The molecule has 0 aliphatic rings. The summed E-state index contributed by atoms with van der Waals surface area (Å²) >= 11 is 0. The summed E-state index contributed by atoms with van der Waals surface area (Å²) in [6.45, 7) is 4.90. The number of ether oxygens (including phenoxy) is 1. The number of hydrogen-bond donors (Lipinski definition) is 3. The lowest BCUT2D eigenvalue weighted by atomic mass is 10.0. The van der Waals surface area contributed by atoms with Crippen molar-refractivity contribution in [2.45, 2.75) is 296 Å². The van der Waals surface area contributed by atoms with E-state index in [1.165, 1.54) is 180 Å². The van der Waals surface area contributed by atoms with Crippen LogP contribution in [0.4, 0.5) is 0 Å². The smallest absolute Gasteiger partial charge is 0.305 e. The summed E-state index contributed by atoms with van der Waals surface area (Å²) in [7, 11) is 0. The number of unbranched alkanes of at least 4 members (excludes halogenated alkanes) is 34. The fourth-order valence-electron chi connectivity index (χ4n) is 8.10. The first-order chi connectivity index (χ1) is 29.5. The Balaban J connectivity index is 3.47. The normalized spacial score (nSPS) is 12.8. The lowest BCUT2D eigenvalue weighted by molar-refractivity contribution is -0.143. The SMILES string of the molecule is CCCCCCCCC/C=C\CCCCCCCCCC(=O)OCCCCCCCC/C=C\CCCCCC(=O)NC(CO)C(O)CCCCCCCCCCCCCC. The summed E-state index contributed by atoms with van der Waals surface area (Å²) in [4.78, 5) is 24.5. The maximum Gasteiger partial charge on any atom is 0.305 e. The maximum absolute atomic E-state index is 12.4. The molecule has 0 heterocycles. The zero-order valence-corrected chi connectivity index (χ0v) is 40.2. The molecule has 354 valence electrons. The zero-order valence-electron chi connectivity index (χ0n) is 40.2. The van der Waals surface area contributed by atoms with Crippen LogP contribution in [0.3, 0.4) is 0 Å². The number of hydrogen-bond acceptors (Lipinski definition) is 5. The lowest BCUT2D eigenvalue weighted by Crippen LogP contribution is -2.45. The molecule has 0 radical (unpaired) electrons. The molecule has 0 aromatic carbocycles. The van der Waals surface area contributed by atoms with E-state index in [1.54, 1.807) is 0 Å². The van der Waals surface area contributed by atoms with Crippen LogP contribution >= 0.6 is 0 Å². The van der Waals surface area contributed by atoms with E-state index < -0.39 is 12.1 Å². The van der Waals surface area contributed by atoms with Gasteiger partial charge in [0.15, 0.2) is 0 Å². The van der Waals surface area contributed by atoms with Crippen LogP contribution in [0.1, 0.15) is 284 Å². The number of aliphatic hydroxyl groups excluding tert-OH is 2. The van der Waals surface area contributed by atoms with Crippen molar-refractivity contribution in [1.29, 1.82) is 0 Å². The van der Waals surface area contributed by atoms with Crippen LogP contribution in [-0.4, -0.2) is 47.4 Å². The second-order valence-electron chi connectivity index (χ2n) is 18.2. The van der Waals surface area contributed by atoms with Crippen molar-refractivity contribution >= 4 is 11.9 Å². The van der Waals surface area contributed by atoms with Gasteiger partial charge in [0.1, 0.15) is 0 Å². The Kier molecular flexibility index (Phi) is 48.6. The van der Waals surface area contributed by atoms with Crippen molar-refractivity contribution in [1.82, 2.24) is 5.32 Å². The molecule has 0 fully saturated rings. The second kappa shape index (κ2) is 50.0. The largest absolute Gasteiger partial charge is 0.466 e. The van der Waals surface area contributed by atoms with Crippen molar-refractivity contribution in [3.8, 4) is 0 Å². The van der Waals surface area contributed by atoms with Crippen LogP contribution in [0.5, 0.6) is 0 Å². The van der Waals surface area contributed by atoms with E-state index in [2.05, 4.69) is 43.5 Å². The van der Waals surface area contributed by atoms with Gasteiger partial charge in [-0.2, -0.15) is 0 Å². The van der Waals surface area contributed by atoms with Gasteiger partial charge in [0.25, 0.3) is 0 Å². The Morgan fingerprint density at radius 2 is 0.783 bits per heavy atom. The first-order valence-electron chi connectivity index (χ1n) is 26.6. The number of esters is 1. The minimum absolute atomic E-state index is 0.0157. The standard InChI is InChI=1S/C54H103NO5/c1-3-5-7-9-11-13-15-17-18-19-20-21-24-28-32-36-40-44-48-54(59)60-49-45-41-37-33-29-25-22-23-27-31-35-39-43-47-53(58)55-51(50-56)52(57)46-42-38-34-30-26-16-14-12-10-8-6-4-2/h18-19,23,27,51-52,56-57H,3-17,20-22,24-26,28-50H2,1-2H3,(H,55,58)/b19-18-,27-23-. The van der Waals surface area contributed by atoms with Crippen molar-refractivity contribution < 1.29 is 24.5 Å². The highest BCUT2D eigenvalue weighted by Gasteiger charge is 2.20. The third kappa shape index (κ3) is 45.9. The Morgan fingerprint density at radius 1 is 0.450 bits per heavy atom. The summed E-state index contributed by atoms with van der Waals surface area (Å²) in [6, 6.07) is -0.560. The van der Waals surface area contributed by atoms with Gasteiger partial charge in [-0.05, 0) is 77.0 Å². The van der Waals surface area contributed by atoms with E-state index in [4.69, 9.17) is 4.74 Å². The molecule has 0 spiro atoms. The van der Waals surface area contributed by atoms with E-state index in [-0.39, 0.29) is 18.5 Å². The third-order valence-corrected chi connectivity index (χ3v) is 12.2. The molecule has 0 aliphatic heterocycles. The molecule has 0 saturated heterocycles. The van der Waals surface area contributed by atoms with Gasteiger partial charge >= 0.3 is 5.97 Å². The van der Waals surface area contributed by atoms with Crippen LogP contribution < -0.4 is 5.32 Å². The molecule has 2 atom stereocenters. The van der Waals surface area contributed by atoms with Crippen LogP contribution in [0.15, 0.2) is 24.3 Å². The minimum Gasteiger partial charge on any atom is -0.466 e. The number of nitrogens with one attached hydrogen (secondary N) is 1. The molecule has 60 heavy (non-hydrogen) atoms.